The third-order valence-electron chi connectivity index (χ3n) is 6.04. The van der Waals surface area contributed by atoms with Gasteiger partial charge in [0, 0.05) is 12.5 Å². The van der Waals surface area contributed by atoms with E-state index in [4.69, 9.17) is 0 Å². The van der Waals surface area contributed by atoms with E-state index in [0.29, 0.717) is 5.92 Å². The number of likely N-dealkylation sites (tertiary alicyclic amines) is 1. The summed E-state index contributed by atoms with van der Waals surface area (Å²) < 4.78 is 0. The molecule has 0 radical (unpaired) electrons. The van der Waals surface area contributed by atoms with Crippen molar-refractivity contribution in [3.63, 3.8) is 0 Å². The zero-order valence-corrected chi connectivity index (χ0v) is 14.6. The van der Waals surface area contributed by atoms with Crippen molar-refractivity contribution in [3.05, 3.63) is 35.9 Å². The van der Waals surface area contributed by atoms with Crippen LogP contribution in [0.4, 0.5) is 0 Å². The van der Waals surface area contributed by atoms with Crippen LogP contribution in [0.15, 0.2) is 30.3 Å². The highest BCUT2D eigenvalue weighted by Crippen LogP contribution is 2.38. The van der Waals surface area contributed by atoms with E-state index < -0.39 is 5.60 Å². The summed E-state index contributed by atoms with van der Waals surface area (Å²) in [6, 6.07) is 10.7. The van der Waals surface area contributed by atoms with Crippen LogP contribution in [0.1, 0.15) is 63.4 Å². The third-order valence-corrected chi connectivity index (χ3v) is 6.04. The van der Waals surface area contributed by atoms with Crippen molar-refractivity contribution >= 4 is 0 Å². The molecule has 1 heterocycles. The van der Waals surface area contributed by atoms with Crippen LogP contribution in [0.25, 0.3) is 0 Å². The maximum Gasteiger partial charge on any atom is 0.0691 e. The van der Waals surface area contributed by atoms with Crippen molar-refractivity contribution in [2.24, 2.45) is 5.92 Å². The minimum Gasteiger partial charge on any atom is -0.390 e. The zero-order chi connectivity index (χ0) is 16.0. The Bertz CT molecular complexity index is 452. The minimum atomic E-state index is -0.444. The molecule has 1 saturated carbocycles. The SMILES string of the molecule is OC1(CCc2ccccc2)CCCCC1CN1CCCCCC1. The summed E-state index contributed by atoms with van der Waals surface area (Å²) in [5.74, 6) is 0.470. The van der Waals surface area contributed by atoms with Gasteiger partial charge in [0.05, 0.1) is 5.60 Å². The highest BCUT2D eigenvalue weighted by Gasteiger charge is 2.39. The lowest BCUT2D eigenvalue weighted by Crippen LogP contribution is -2.47. The lowest BCUT2D eigenvalue weighted by atomic mass is 9.72. The number of hydrogen-bond donors (Lipinski definition) is 1. The monoisotopic (exact) mass is 315 g/mol. The van der Waals surface area contributed by atoms with E-state index in [1.807, 2.05) is 0 Å². The van der Waals surface area contributed by atoms with Gasteiger partial charge in [0.15, 0.2) is 0 Å². The summed E-state index contributed by atoms with van der Waals surface area (Å²) in [6.45, 7) is 3.60. The van der Waals surface area contributed by atoms with Crippen LogP contribution in [0, 0.1) is 5.92 Å². The second-order valence-electron chi connectivity index (χ2n) is 7.75. The zero-order valence-electron chi connectivity index (χ0n) is 14.6. The predicted molar refractivity (Wildman–Crippen MR) is 96.6 cm³/mol. The van der Waals surface area contributed by atoms with Crippen LogP contribution in [0.5, 0.6) is 0 Å². The van der Waals surface area contributed by atoms with E-state index in [1.54, 1.807) is 0 Å². The van der Waals surface area contributed by atoms with Gasteiger partial charge < -0.3 is 10.0 Å². The van der Waals surface area contributed by atoms with E-state index >= 15 is 0 Å². The number of aliphatic hydroxyl groups is 1. The van der Waals surface area contributed by atoms with E-state index in [2.05, 4.69) is 35.2 Å². The van der Waals surface area contributed by atoms with Gasteiger partial charge in [0.1, 0.15) is 0 Å². The number of rotatable bonds is 5. The van der Waals surface area contributed by atoms with Crippen molar-refractivity contribution < 1.29 is 5.11 Å². The molecule has 3 rings (SSSR count). The number of hydrogen-bond acceptors (Lipinski definition) is 2. The second-order valence-corrected chi connectivity index (χ2v) is 7.75. The number of benzene rings is 1. The first-order valence-corrected chi connectivity index (χ1v) is 9.75. The Morgan fingerprint density at radius 1 is 0.957 bits per heavy atom. The van der Waals surface area contributed by atoms with Crippen molar-refractivity contribution in [1.82, 2.24) is 4.90 Å². The Morgan fingerprint density at radius 2 is 1.70 bits per heavy atom. The van der Waals surface area contributed by atoms with E-state index in [9.17, 15) is 5.11 Å². The molecule has 2 aliphatic rings. The van der Waals surface area contributed by atoms with Gasteiger partial charge in [-0.25, -0.2) is 0 Å². The Morgan fingerprint density at radius 3 is 2.43 bits per heavy atom. The normalized spacial score (nSPS) is 30.0. The standard InChI is InChI=1S/C21H33NO/c23-21(15-13-19-10-4-3-5-11-19)14-7-6-12-20(21)18-22-16-8-1-2-9-17-22/h3-5,10-11,20,23H,1-2,6-9,12-18H2. The molecular formula is C21H33NO. The van der Waals surface area contributed by atoms with Crippen LogP contribution >= 0.6 is 0 Å². The molecule has 2 unspecified atom stereocenters. The molecule has 1 aromatic rings. The largest absolute Gasteiger partial charge is 0.390 e. The highest BCUT2D eigenvalue weighted by molar-refractivity contribution is 5.15. The fourth-order valence-corrected chi connectivity index (χ4v) is 4.52. The summed E-state index contributed by atoms with van der Waals surface area (Å²) >= 11 is 0. The molecule has 0 bridgehead atoms. The second kappa shape index (κ2) is 8.30. The average molecular weight is 316 g/mol. The quantitative estimate of drug-likeness (QED) is 0.869. The van der Waals surface area contributed by atoms with E-state index in [-0.39, 0.29) is 0 Å². The van der Waals surface area contributed by atoms with Gasteiger partial charge in [0.2, 0.25) is 0 Å². The lowest BCUT2D eigenvalue weighted by molar-refractivity contribution is -0.0652. The van der Waals surface area contributed by atoms with Gasteiger partial charge in [-0.3, -0.25) is 0 Å². The molecule has 2 heteroatoms. The molecule has 1 aliphatic heterocycles. The van der Waals surface area contributed by atoms with Crippen LogP contribution in [0.2, 0.25) is 0 Å². The molecule has 0 spiro atoms. The molecule has 0 amide bonds. The molecule has 2 nitrogen and oxygen atoms in total. The van der Waals surface area contributed by atoms with Gasteiger partial charge >= 0.3 is 0 Å². The van der Waals surface area contributed by atoms with E-state index in [0.717, 1.165) is 25.8 Å². The van der Waals surface area contributed by atoms with Gasteiger partial charge in [0.25, 0.3) is 0 Å². The van der Waals surface area contributed by atoms with Crippen LogP contribution in [-0.4, -0.2) is 35.2 Å². The maximum absolute atomic E-state index is 11.4. The lowest BCUT2D eigenvalue weighted by Gasteiger charge is -2.42. The Kier molecular flexibility index (Phi) is 6.13. The summed E-state index contributed by atoms with van der Waals surface area (Å²) in [7, 11) is 0. The fraction of sp³-hybridized carbons (Fsp3) is 0.714. The molecule has 2 atom stereocenters. The van der Waals surface area contributed by atoms with Gasteiger partial charge in [-0.15, -0.1) is 0 Å². The first-order valence-electron chi connectivity index (χ1n) is 9.75. The molecule has 1 aliphatic carbocycles. The molecular weight excluding hydrogens is 282 g/mol. The van der Waals surface area contributed by atoms with Crippen LogP contribution in [0.3, 0.4) is 0 Å². The Balaban J connectivity index is 1.59. The van der Waals surface area contributed by atoms with Crippen molar-refractivity contribution in [2.75, 3.05) is 19.6 Å². The Labute approximate surface area is 141 Å². The van der Waals surface area contributed by atoms with Crippen molar-refractivity contribution in [2.45, 2.75) is 69.8 Å². The van der Waals surface area contributed by atoms with Crippen LogP contribution < -0.4 is 0 Å². The summed E-state index contributed by atoms with van der Waals surface area (Å²) in [4.78, 5) is 2.64. The highest BCUT2D eigenvalue weighted by atomic mass is 16.3. The molecule has 1 N–H and O–H groups in total. The predicted octanol–water partition coefficient (Wildman–Crippen LogP) is 4.42. The van der Waals surface area contributed by atoms with E-state index in [1.165, 1.54) is 63.6 Å². The molecule has 1 saturated heterocycles. The topological polar surface area (TPSA) is 23.5 Å². The molecule has 1 aromatic carbocycles. The first-order chi connectivity index (χ1) is 11.3. The first kappa shape index (κ1) is 17.0. The smallest absolute Gasteiger partial charge is 0.0691 e. The van der Waals surface area contributed by atoms with Gasteiger partial charge in [-0.05, 0) is 57.2 Å². The molecule has 128 valence electrons. The maximum atomic E-state index is 11.4. The molecule has 0 aromatic heterocycles. The summed E-state index contributed by atoms with van der Waals surface area (Å²) in [5, 5.41) is 11.4. The minimum absolute atomic E-state index is 0.444. The number of aryl methyl sites for hydroxylation is 1. The third kappa shape index (κ3) is 4.81. The van der Waals surface area contributed by atoms with Crippen LogP contribution in [-0.2, 0) is 6.42 Å². The average Bonchev–Trinajstić information content (AvgIpc) is 2.85. The summed E-state index contributed by atoms with van der Waals surface area (Å²) in [5.41, 5.74) is 0.917. The Hall–Kier alpha value is -0.860. The van der Waals surface area contributed by atoms with Gasteiger partial charge in [-0.2, -0.15) is 0 Å². The molecule has 23 heavy (non-hydrogen) atoms. The molecule has 2 fully saturated rings. The van der Waals surface area contributed by atoms with Gasteiger partial charge in [-0.1, -0.05) is 56.0 Å². The summed E-state index contributed by atoms with van der Waals surface area (Å²) in [6.07, 6.45) is 12.1. The fourth-order valence-electron chi connectivity index (χ4n) is 4.52. The number of nitrogens with zero attached hydrogens (tertiary/aromatic N) is 1. The van der Waals surface area contributed by atoms with Crippen molar-refractivity contribution in [1.29, 1.82) is 0 Å². The van der Waals surface area contributed by atoms with Crippen molar-refractivity contribution in [3.8, 4) is 0 Å².